The van der Waals surface area contributed by atoms with Crippen LogP contribution in [0.2, 0.25) is 0 Å². The molecule has 1 saturated heterocycles. The van der Waals surface area contributed by atoms with Crippen molar-refractivity contribution < 1.29 is 22.7 Å². The topological polar surface area (TPSA) is 84.9 Å². The Hall–Kier alpha value is -1.80. The quantitative estimate of drug-likeness (QED) is 0.770. The Kier molecular flexibility index (Phi) is 6.50. The number of likely N-dealkylation sites (N-methyl/N-ethyl adjacent to an activating group) is 1. The molecule has 0 spiro atoms. The van der Waals surface area contributed by atoms with E-state index in [9.17, 15) is 13.2 Å². The number of nitrogens with one attached hydrogen (secondary N) is 1. The summed E-state index contributed by atoms with van der Waals surface area (Å²) in [5, 5.41) is 3.10. The number of fused-ring (bicyclic) bond motifs is 1. The monoisotopic (exact) mass is 410 g/mol. The molecule has 1 amide bonds. The molecule has 0 aromatic heterocycles. The molecule has 1 N–H and O–H groups in total. The molecule has 2 aliphatic rings. The number of rotatable bonds is 6. The van der Waals surface area contributed by atoms with Crippen molar-refractivity contribution in [2.24, 2.45) is 5.92 Å². The normalized spacial score (nSPS) is 22.1. The first kappa shape index (κ1) is 20.9. The smallest absolute Gasteiger partial charge is 0.234 e. The van der Waals surface area contributed by atoms with E-state index in [1.54, 1.807) is 0 Å². The molecule has 0 unspecified atom stereocenters. The van der Waals surface area contributed by atoms with Crippen molar-refractivity contribution in [1.82, 2.24) is 10.2 Å². The Morgan fingerprint density at radius 3 is 2.61 bits per heavy atom. The largest absolute Gasteiger partial charge is 0.490 e. The Morgan fingerprint density at radius 1 is 1.25 bits per heavy atom. The molecular weight excluding hydrogens is 380 g/mol. The molecule has 2 aliphatic heterocycles. The predicted molar refractivity (Wildman–Crippen MR) is 107 cm³/mol. The standard InChI is InChI=1S/C20H30N2O5S/c1-14(2)20(15-5-6-17-18(11-15)27-9-4-8-26-17)21-19(23)12-22(3)16-7-10-28(24,25)13-16/h5-6,11,14,16,20H,4,7-10,12-13H2,1-3H3,(H,21,23)/t16-,20+/m1/s1. The van der Waals surface area contributed by atoms with Crippen molar-refractivity contribution in [3.05, 3.63) is 23.8 Å². The van der Waals surface area contributed by atoms with Gasteiger partial charge in [-0.2, -0.15) is 0 Å². The van der Waals surface area contributed by atoms with Crippen molar-refractivity contribution in [2.75, 3.05) is 38.3 Å². The van der Waals surface area contributed by atoms with Crippen molar-refractivity contribution in [1.29, 1.82) is 0 Å². The first-order chi connectivity index (χ1) is 13.2. The molecule has 2 heterocycles. The Labute approximate surface area is 167 Å². The lowest BCUT2D eigenvalue weighted by molar-refractivity contribution is -0.123. The van der Waals surface area contributed by atoms with E-state index in [1.165, 1.54) is 0 Å². The number of sulfone groups is 1. The third kappa shape index (κ3) is 5.17. The Balaban J connectivity index is 1.66. The van der Waals surface area contributed by atoms with Crippen molar-refractivity contribution >= 4 is 15.7 Å². The zero-order valence-electron chi connectivity index (χ0n) is 16.8. The second-order valence-corrected chi connectivity index (χ2v) is 10.2. The van der Waals surface area contributed by atoms with E-state index in [0.29, 0.717) is 25.4 Å². The second kappa shape index (κ2) is 8.69. The molecule has 28 heavy (non-hydrogen) atoms. The summed E-state index contributed by atoms with van der Waals surface area (Å²) in [6, 6.07) is 5.55. The van der Waals surface area contributed by atoms with Crippen LogP contribution in [0.4, 0.5) is 0 Å². The number of hydrogen-bond acceptors (Lipinski definition) is 6. The lowest BCUT2D eigenvalue weighted by Crippen LogP contribution is -2.43. The molecule has 0 saturated carbocycles. The van der Waals surface area contributed by atoms with E-state index in [-0.39, 0.29) is 42.0 Å². The summed E-state index contributed by atoms with van der Waals surface area (Å²) in [5.74, 6) is 1.85. The number of nitrogens with zero attached hydrogens (tertiary/aromatic N) is 1. The minimum Gasteiger partial charge on any atom is -0.490 e. The molecule has 2 atom stereocenters. The van der Waals surface area contributed by atoms with Crippen molar-refractivity contribution in [3.63, 3.8) is 0 Å². The van der Waals surface area contributed by atoms with Gasteiger partial charge in [0.15, 0.2) is 21.3 Å². The zero-order chi connectivity index (χ0) is 20.3. The molecule has 156 valence electrons. The van der Waals surface area contributed by atoms with E-state index in [0.717, 1.165) is 17.7 Å². The van der Waals surface area contributed by atoms with Gasteiger partial charge in [-0.05, 0) is 37.1 Å². The van der Waals surface area contributed by atoms with Gasteiger partial charge in [0.25, 0.3) is 0 Å². The fraction of sp³-hybridized carbons (Fsp3) is 0.650. The van der Waals surface area contributed by atoms with Gasteiger partial charge in [0, 0.05) is 12.5 Å². The van der Waals surface area contributed by atoms with E-state index < -0.39 is 9.84 Å². The lowest BCUT2D eigenvalue weighted by atomic mass is 9.95. The second-order valence-electron chi connectivity index (χ2n) is 8.02. The molecule has 0 radical (unpaired) electrons. The molecule has 0 aliphatic carbocycles. The molecule has 7 nitrogen and oxygen atoms in total. The Bertz CT molecular complexity index is 809. The van der Waals surface area contributed by atoms with Crippen LogP contribution in [0.15, 0.2) is 18.2 Å². The van der Waals surface area contributed by atoms with Crippen LogP contribution in [0.3, 0.4) is 0 Å². The fourth-order valence-electron chi connectivity index (χ4n) is 3.71. The van der Waals surface area contributed by atoms with Crippen LogP contribution in [-0.4, -0.2) is 63.6 Å². The van der Waals surface area contributed by atoms with Crippen LogP contribution >= 0.6 is 0 Å². The molecule has 1 fully saturated rings. The third-order valence-electron chi connectivity index (χ3n) is 5.34. The highest BCUT2D eigenvalue weighted by molar-refractivity contribution is 7.91. The zero-order valence-corrected chi connectivity index (χ0v) is 17.6. The van der Waals surface area contributed by atoms with E-state index in [1.807, 2.05) is 30.1 Å². The van der Waals surface area contributed by atoms with Gasteiger partial charge in [-0.3, -0.25) is 9.69 Å². The third-order valence-corrected chi connectivity index (χ3v) is 7.09. The highest BCUT2D eigenvalue weighted by Gasteiger charge is 2.31. The highest BCUT2D eigenvalue weighted by Crippen LogP contribution is 2.34. The van der Waals surface area contributed by atoms with E-state index in [2.05, 4.69) is 19.2 Å². The maximum atomic E-state index is 12.6. The first-order valence-electron chi connectivity index (χ1n) is 9.85. The van der Waals surface area contributed by atoms with Gasteiger partial charge in [0.1, 0.15) is 0 Å². The summed E-state index contributed by atoms with van der Waals surface area (Å²) in [5.41, 5.74) is 0.971. The molecule has 3 rings (SSSR count). The van der Waals surface area contributed by atoms with Gasteiger partial charge in [-0.15, -0.1) is 0 Å². The minimum absolute atomic E-state index is 0.0914. The van der Waals surface area contributed by atoms with E-state index in [4.69, 9.17) is 9.47 Å². The number of ether oxygens (including phenoxy) is 2. The van der Waals surface area contributed by atoms with Gasteiger partial charge in [-0.1, -0.05) is 19.9 Å². The fourth-order valence-corrected chi connectivity index (χ4v) is 5.51. The Morgan fingerprint density at radius 2 is 1.96 bits per heavy atom. The first-order valence-corrected chi connectivity index (χ1v) is 11.7. The number of hydrogen-bond donors (Lipinski definition) is 1. The van der Waals surface area contributed by atoms with Gasteiger partial charge < -0.3 is 14.8 Å². The summed E-state index contributed by atoms with van der Waals surface area (Å²) in [6.45, 7) is 5.54. The molecular formula is C20H30N2O5S. The molecule has 1 aromatic carbocycles. The van der Waals surface area contributed by atoms with Crippen LogP contribution in [0.1, 0.15) is 38.3 Å². The molecule has 8 heteroatoms. The van der Waals surface area contributed by atoms with Crippen LogP contribution < -0.4 is 14.8 Å². The summed E-state index contributed by atoms with van der Waals surface area (Å²) in [6.07, 6.45) is 1.43. The van der Waals surface area contributed by atoms with Gasteiger partial charge >= 0.3 is 0 Å². The predicted octanol–water partition coefficient (Wildman–Crippen LogP) is 1.78. The SMILES string of the molecule is CC(C)[C@H](NC(=O)CN(C)[C@@H]1CCS(=O)(=O)C1)c1ccc2c(c1)OCCCO2. The summed E-state index contributed by atoms with van der Waals surface area (Å²) >= 11 is 0. The summed E-state index contributed by atoms with van der Waals surface area (Å²) < 4.78 is 34.8. The molecule has 0 bridgehead atoms. The summed E-state index contributed by atoms with van der Waals surface area (Å²) in [7, 11) is -1.16. The maximum Gasteiger partial charge on any atom is 0.234 e. The number of carbonyl (C=O) groups is 1. The van der Waals surface area contributed by atoms with Gasteiger partial charge in [0.2, 0.25) is 5.91 Å². The van der Waals surface area contributed by atoms with Crippen LogP contribution in [0, 0.1) is 5.92 Å². The lowest BCUT2D eigenvalue weighted by Gasteiger charge is -2.27. The average Bonchev–Trinajstić information content (AvgIpc) is 2.85. The van der Waals surface area contributed by atoms with Crippen molar-refractivity contribution in [3.8, 4) is 11.5 Å². The van der Waals surface area contributed by atoms with E-state index >= 15 is 0 Å². The number of amides is 1. The van der Waals surface area contributed by atoms with Crippen LogP contribution in [-0.2, 0) is 14.6 Å². The minimum atomic E-state index is -2.97. The number of carbonyl (C=O) groups excluding carboxylic acids is 1. The average molecular weight is 411 g/mol. The maximum absolute atomic E-state index is 12.6. The number of benzene rings is 1. The van der Waals surface area contributed by atoms with Crippen LogP contribution in [0.5, 0.6) is 11.5 Å². The van der Waals surface area contributed by atoms with Crippen molar-refractivity contribution in [2.45, 2.75) is 38.8 Å². The highest BCUT2D eigenvalue weighted by atomic mass is 32.2. The van der Waals surface area contributed by atoms with Gasteiger partial charge in [0.05, 0.1) is 37.3 Å². The van der Waals surface area contributed by atoms with Crippen LogP contribution in [0.25, 0.3) is 0 Å². The van der Waals surface area contributed by atoms with Gasteiger partial charge in [-0.25, -0.2) is 8.42 Å². The molecule has 1 aromatic rings. The summed E-state index contributed by atoms with van der Waals surface area (Å²) in [4.78, 5) is 14.5.